The standard InChI is InChI=1S/C36H40N8O6.CH4/c37-21-23-1-8-30-29(19-23)33(39-22-38-30)40-24-2-4-25(5-3-24)43-13-11-42(12-14-43)15-16-49-17-18-50-26-6-7-27-28(20-26)36(48)44(35(27)47)31-9-10-32(45)41-34(31)46;/h1,6-8,19-20,22,24-25,31H,2-5,9-18H2,(H,38,39,40)(H,41,45,46);1H4. The van der Waals surface area contributed by atoms with Crippen LogP contribution in [0.5, 0.6) is 5.75 Å². The van der Waals surface area contributed by atoms with E-state index >= 15 is 0 Å². The lowest BCUT2D eigenvalue weighted by molar-refractivity contribution is -0.136. The Kier molecular flexibility index (Phi) is 11.2. The Labute approximate surface area is 297 Å². The van der Waals surface area contributed by atoms with Gasteiger partial charge in [0.15, 0.2) is 0 Å². The topological polar surface area (TPSA) is 170 Å². The van der Waals surface area contributed by atoms with E-state index in [2.05, 4.69) is 36.5 Å². The van der Waals surface area contributed by atoms with Gasteiger partial charge in [-0.05, 0) is 68.5 Å². The number of aromatic nitrogens is 2. The van der Waals surface area contributed by atoms with Gasteiger partial charge in [-0.25, -0.2) is 9.97 Å². The first kappa shape index (κ1) is 35.8. The highest BCUT2D eigenvalue weighted by Gasteiger charge is 2.44. The number of hydrogen-bond acceptors (Lipinski definition) is 12. The lowest BCUT2D eigenvalue weighted by Gasteiger charge is -2.42. The molecule has 1 aromatic heterocycles. The Hall–Kier alpha value is -4.97. The van der Waals surface area contributed by atoms with E-state index in [1.807, 2.05) is 12.1 Å². The van der Waals surface area contributed by atoms with E-state index in [1.165, 1.54) is 12.1 Å². The number of piperazine rings is 1. The minimum Gasteiger partial charge on any atom is -0.491 e. The number of hydrogen-bond donors (Lipinski definition) is 2. The fourth-order valence-electron chi connectivity index (χ4n) is 7.43. The lowest BCUT2D eigenvalue weighted by atomic mass is 9.89. The van der Waals surface area contributed by atoms with Crippen LogP contribution >= 0.6 is 0 Å². The molecule has 268 valence electrons. The van der Waals surface area contributed by atoms with E-state index < -0.39 is 29.7 Å². The molecule has 4 aliphatic rings. The molecule has 14 heteroatoms. The molecular weight excluding hydrogens is 652 g/mol. The summed E-state index contributed by atoms with van der Waals surface area (Å²) >= 11 is 0. The number of nitriles is 1. The molecule has 4 amide bonds. The van der Waals surface area contributed by atoms with Gasteiger partial charge in [0.25, 0.3) is 11.8 Å². The second kappa shape index (κ2) is 15.9. The van der Waals surface area contributed by atoms with Crippen LogP contribution < -0.4 is 15.4 Å². The molecular formula is C37H44N8O6. The molecule has 1 saturated carbocycles. The van der Waals surface area contributed by atoms with Gasteiger partial charge in [-0.15, -0.1) is 0 Å². The van der Waals surface area contributed by atoms with Gasteiger partial charge in [-0.1, -0.05) is 7.43 Å². The van der Waals surface area contributed by atoms with Crippen molar-refractivity contribution in [1.29, 1.82) is 5.26 Å². The Morgan fingerprint density at radius 1 is 0.882 bits per heavy atom. The second-order valence-electron chi connectivity index (χ2n) is 13.2. The predicted molar refractivity (Wildman–Crippen MR) is 188 cm³/mol. The zero-order valence-electron chi connectivity index (χ0n) is 27.8. The molecule has 0 spiro atoms. The van der Waals surface area contributed by atoms with Crippen molar-refractivity contribution in [1.82, 2.24) is 30.0 Å². The monoisotopic (exact) mass is 696 g/mol. The van der Waals surface area contributed by atoms with Crippen LogP contribution in [0.1, 0.15) is 72.2 Å². The fraction of sp³-hybridized carbons (Fsp3) is 0.486. The van der Waals surface area contributed by atoms with E-state index in [0.29, 0.717) is 36.6 Å². The predicted octanol–water partition coefficient (Wildman–Crippen LogP) is 2.98. The average molecular weight is 697 g/mol. The molecule has 1 atom stereocenters. The van der Waals surface area contributed by atoms with Gasteiger partial charge in [0.1, 0.15) is 30.5 Å². The summed E-state index contributed by atoms with van der Waals surface area (Å²) in [5, 5.41) is 16.0. The van der Waals surface area contributed by atoms with Crippen molar-refractivity contribution in [2.45, 2.75) is 64.1 Å². The molecule has 3 aliphatic heterocycles. The van der Waals surface area contributed by atoms with Gasteiger partial charge in [0.2, 0.25) is 11.8 Å². The first-order valence-electron chi connectivity index (χ1n) is 17.3. The summed E-state index contributed by atoms with van der Waals surface area (Å²) < 4.78 is 11.6. The third-order valence-electron chi connectivity index (χ3n) is 10.2. The summed E-state index contributed by atoms with van der Waals surface area (Å²) in [7, 11) is 0. The summed E-state index contributed by atoms with van der Waals surface area (Å²) in [6, 6.07) is 12.3. The molecule has 0 radical (unpaired) electrons. The molecule has 0 bridgehead atoms. The molecule has 4 heterocycles. The first-order chi connectivity index (χ1) is 24.4. The number of nitrogens with zero attached hydrogens (tertiary/aromatic N) is 6. The molecule has 7 rings (SSSR count). The fourth-order valence-corrected chi connectivity index (χ4v) is 7.43. The number of fused-ring (bicyclic) bond motifs is 2. The number of carbonyl (C=O) groups is 4. The zero-order chi connectivity index (χ0) is 34.6. The quantitative estimate of drug-likeness (QED) is 0.222. The number of imide groups is 2. The third kappa shape index (κ3) is 7.85. The smallest absolute Gasteiger partial charge is 0.262 e. The summed E-state index contributed by atoms with van der Waals surface area (Å²) in [4.78, 5) is 64.5. The summed E-state index contributed by atoms with van der Waals surface area (Å²) in [6.07, 6.45) is 6.19. The molecule has 1 aliphatic carbocycles. The highest BCUT2D eigenvalue weighted by atomic mass is 16.5. The van der Waals surface area contributed by atoms with Crippen LogP contribution in [0, 0.1) is 11.3 Å². The SMILES string of the molecule is C.N#Cc1ccc2ncnc(NC3CCC(N4CCN(CCOCCOc5ccc6c(c5)C(=O)N(C5CCC(=O)NC5=O)C6=O)CC4)CC3)c2c1. The minimum absolute atomic E-state index is 0. The zero-order valence-corrected chi connectivity index (χ0v) is 27.8. The molecule has 3 aromatic rings. The number of amides is 4. The largest absolute Gasteiger partial charge is 0.491 e. The first-order valence-corrected chi connectivity index (χ1v) is 17.3. The average Bonchev–Trinajstić information content (AvgIpc) is 3.38. The van der Waals surface area contributed by atoms with Crippen LogP contribution in [-0.2, 0) is 14.3 Å². The summed E-state index contributed by atoms with van der Waals surface area (Å²) in [6.45, 7) is 6.20. The maximum absolute atomic E-state index is 13.0. The van der Waals surface area contributed by atoms with Crippen molar-refractivity contribution in [2.75, 3.05) is 57.9 Å². The summed E-state index contributed by atoms with van der Waals surface area (Å²) in [5.41, 5.74) is 1.85. The Morgan fingerprint density at radius 3 is 2.43 bits per heavy atom. The molecule has 2 aromatic carbocycles. The van der Waals surface area contributed by atoms with Gasteiger partial charge < -0.3 is 14.8 Å². The Bertz CT molecular complexity index is 1830. The molecule has 14 nitrogen and oxygen atoms in total. The lowest BCUT2D eigenvalue weighted by Crippen LogP contribution is -2.54. The van der Waals surface area contributed by atoms with Crippen molar-refractivity contribution in [2.24, 2.45) is 0 Å². The van der Waals surface area contributed by atoms with E-state index in [1.54, 1.807) is 18.5 Å². The molecule has 2 saturated heterocycles. The number of piperidine rings is 1. The van der Waals surface area contributed by atoms with Crippen LogP contribution in [0.2, 0.25) is 0 Å². The normalized spacial score (nSPS) is 22.6. The van der Waals surface area contributed by atoms with Crippen LogP contribution in [0.4, 0.5) is 5.82 Å². The highest BCUT2D eigenvalue weighted by molar-refractivity contribution is 6.23. The Morgan fingerprint density at radius 2 is 1.67 bits per heavy atom. The Balaban J connectivity index is 0.00000448. The molecule has 2 N–H and O–H groups in total. The molecule has 1 unspecified atom stereocenters. The van der Waals surface area contributed by atoms with Crippen LogP contribution in [0.3, 0.4) is 0 Å². The number of ether oxygens (including phenoxy) is 2. The number of rotatable bonds is 11. The van der Waals surface area contributed by atoms with Gasteiger partial charge in [-0.3, -0.25) is 39.2 Å². The van der Waals surface area contributed by atoms with Gasteiger partial charge in [0.05, 0.1) is 41.5 Å². The van der Waals surface area contributed by atoms with Gasteiger partial charge >= 0.3 is 0 Å². The maximum Gasteiger partial charge on any atom is 0.262 e. The number of nitrogens with one attached hydrogen (secondary N) is 2. The van der Waals surface area contributed by atoms with Crippen molar-refractivity contribution in [3.05, 3.63) is 59.4 Å². The van der Waals surface area contributed by atoms with Crippen molar-refractivity contribution in [3.63, 3.8) is 0 Å². The number of anilines is 1. The van der Waals surface area contributed by atoms with Gasteiger partial charge in [0, 0.05) is 56.6 Å². The number of benzene rings is 2. The van der Waals surface area contributed by atoms with Crippen LogP contribution in [-0.4, -0.2) is 119 Å². The number of carbonyl (C=O) groups excluding carboxylic acids is 4. The van der Waals surface area contributed by atoms with Crippen LogP contribution in [0.15, 0.2) is 42.7 Å². The van der Waals surface area contributed by atoms with E-state index in [-0.39, 0.29) is 38.0 Å². The van der Waals surface area contributed by atoms with Crippen LogP contribution in [0.25, 0.3) is 10.9 Å². The van der Waals surface area contributed by atoms with Gasteiger partial charge in [-0.2, -0.15) is 5.26 Å². The van der Waals surface area contributed by atoms with Crippen molar-refractivity contribution >= 4 is 40.3 Å². The van der Waals surface area contributed by atoms with E-state index in [9.17, 15) is 24.4 Å². The third-order valence-corrected chi connectivity index (χ3v) is 10.2. The van der Waals surface area contributed by atoms with Crippen molar-refractivity contribution < 1.29 is 28.7 Å². The minimum atomic E-state index is -0.997. The van der Waals surface area contributed by atoms with E-state index in [4.69, 9.17) is 9.47 Å². The second-order valence-corrected chi connectivity index (χ2v) is 13.2. The highest BCUT2D eigenvalue weighted by Crippen LogP contribution is 2.31. The van der Waals surface area contributed by atoms with Crippen molar-refractivity contribution in [3.8, 4) is 11.8 Å². The maximum atomic E-state index is 13.0. The summed E-state index contributed by atoms with van der Waals surface area (Å²) in [5.74, 6) is -0.901. The molecule has 51 heavy (non-hydrogen) atoms. The molecule has 3 fully saturated rings. The van der Waals surface area contributed by atoms with E-state index in [0.717, 1.165) is 80.0 Å².